The van der Waals surface area contributed by atoms with E-state index in [-0.39, 0.29) is 29.2 Å². The molecule has 0 aromatic rings. The van der Waals surface area contributed by atoms with E-state index in [1.807, 2.05) is 0 Å². The van der Waals surface area contributed by atoms with Crippen LogP contribution in [0.5, 0.6) is 0 Å². The first-order valence-corrected chi connectivity index (χ1v) is 9.66. The Morgan fingerprint density at radius 3 is 1.48 bits per heavy atom. The normalized spacial score (nSPS) is 11.0. The number of carbonyl (C=O) groups excluding carboxylic acids is 3. The van der Waals surface area contributed by atoms with Crippen molar-refractivity contribution >= 4 is 63.0 Å². The summed E-state index contributed by atoms with van der Waals surface area (Å²) in [6.45, 7) is 0.893. The Bertz CT molecular complexity index is 367. The van der Waals surface area contributed by atoms with E-state index in [0.717, 1.165) is 35.3 Å². The van der Waals surface area contributed by atoms with Gasteiger partial charge in [0, 0.05) is 36.9 Å². The summed E-state index contributed by atoms with van der Waals surface area (Å²) in [4.78, 5) is 35.8. The van der Waals surface area contributed by atoms with Crippen LogP contribution < -0.4 is 17.2 Å². The minimum atomic E-state index is -2.00. The van der Waals surface area contributed by atoms with Crippen molar-refractivity contribution in [2.75, 3.05) is 36.9 Å². The van der Waals surface area contributed by atoms with Gasteiger partial charge in [-0.2, -0.15) is 0 Å². The van der Waals surface area contributed by atoms with Crippen LogP contribution in [-0.2, 0) is 14.4 Å². The minimum absolute atomic E-state index is 0. The molecule has 0 spiro atoms. The molecule has 0 atom stereocenters. The average Bonchev–Trinajstić information content (AvgIpc) is 2.48. The summed E-state index contributed by atoms with van der Waals surface area (Å²) in [6, 6.07) is 0. The second-order valence-corrected chi connectivity index (χ2v) is 7.70. The molecule has 0 amide bonds. The summed E-state index contributed by atoms with van der Waals surface area (Å²) >= 11 is 2.71. The van der Waals surface area contributed by atoms with Crippen LogP contribution in [0.15, 0.2) is 0 Å². The predicted molar refractivity (Wildman–Crippen MR) is 101 cm³/mol. The van der Waals surface area contributed by atoms with Gasteiger partial charge in [0.1, 0.15) is 5.60 Å². The smallest absolute Gasteiger partial charge is 0.221 e. The van der Waals surface area contributed by atoms with Crippen LogP contribution in [0.2, 0.25) is 0 Å². The number of halogens is 1. The van der Waals surface area contributed by atoms with Gasteiger partial charge in [-0.15, -0.1) is 12.4 Å². The maximum absolute atomic E-state index is 12.1. The number of rotatable bonds is 11. The fraction of sp³-hybridized carbons (Fsp3) is 0.750. The van der Waals surface area contributed by atoms with E-state index in [9.17, 15) is 19.5 Å². The molecule has 0 aromatic carbocycles. The monoisotopic (exact) mass is 405 g/mol. The number of nitrogens with two attached hydrogens (primary N) is 3. The number of thioether (sulfide) groups is 3. The standard InChI is InChI=1S/C12H23N3O4S3.ClH/c13-1-4-20-9(16)7-12(19,11(18)22-6-3-15)8-10(17)21-5-2-14;/h19H,1-8,13-15H2;1H. The molecule has 0 aromatic heterocycles. The van der Waals surface area contributed by atoms with Crippen molar-refractivity contribution < 1.29 is 19.5 Å². The zero-order valence-electron chi connectivity index (χ0n) is 12.7. The van der Waals surface area contributed by atoms with Gasteiger partial charge in [-0.3, -0.25) is 14.4 Å². The topological polar surface area (TPSA) is 150 Å². The van der Waals surface area contributed by atoms with Crippen molar-refractivity contribution in [1.82, 2.24) is 0 Å². The van der Waals surface area contributed by atoms with Crippen LogP contribution in [0.25, 0.3) is 0 Å². The van der Waals surface area contributed by atoms with Crippen molar-refractivity contribution in [2.24, 2.45) is 17.2 Å². The molecule has 0 unspecified atom stereocenters. The highest BCUT2D eigenvalue weighted by Crippen LogP contribution is 2.28. The molecule has 0 aliphatic heterocycles. The predicted octanol–water partition coefficient (Wildman–Crippen LogP) is -0.425. The maximum Gasteiger partial charge on any atom is 0.221 e. The third-order valence-electron chi connectivity index (χ3n) is 2.37. The van der Waals surface area contributed by atoms with Crippen LogP contribution in [0.1, 0.15) is 12.8 Å². The average molecular weight is 406 g/mol. The molecule has 0 saturated heterocycles. The third-order valence-corrected chi connectivity index (χ3v) is 5.26. The van der Waals surface area contributed by atoms with Gasteiger partial charge >= 0.3 is 0 Å². The Hall–Kier alpha value is 0.190. The number of aliphatic hydroxyl groups is 1. The molecule has 0 aliphatic rings. The Morgan fingerprint density at radius 2 is 1.13 bits per heavy atom. The van der Waals surface area contributed by atoms with E-state index < -0.39 is 23.6 Å². The Balaban J connectivity index is 0. The van der Waals surface area contributed by atoms with Crippen LogP contribution >= 0.6 is 47.7 Å². The lowest BCUT2D eigenvalue weighted by atomic mass is 9.99. The molecule has 0 heterocycles. The van der Waals surface area contributed by atoms with Gasteiger partial charge in [0.2, 0.25) is 5.12 Å². The lowest BCUT2D eigenvalue weighted by molar-refractivity contribution is -0.136. The van der Waals surface area contributed by atoms with Crippen LogP contribution in [0, 0.1) is 0 Å². The third kappa shape index (κ3) is 11.4. The van der Waals surface area contributed by atoms with Gasteiger partial charge in [-0.1, -0.05) is 35.3 Å². The van der Waals surface area contributed by atoms with Crippen molar-refractivity contribution in [3.05, 3.63) is 0 Å². The van der Waals surface area contributed by atoms with Crippen LogP contribution in [0.4, 0.5) is 0 Å². The molecular weight excluding hydrogens is 382 g/mol. The first-order valence-electron chi connectivity index (χ1n) is 6.70. The number of hydrogen-bond donors (Lipinski definition) is 4. The summed E-state index contributed by atoms with van der Waals surface area (Å²) in [5, 5.41) is 9.16. The highest BCUT2D eigenvalue weighted by Gasteiger charge is 2.40. The Labute approximate surface area is 155 Å². The molecule has 23 heavy (non-hydrogen) atoms. The van der Waals surface area contributed by atoms with Crippen molar-refractivity contribution in [1.29, 1.82) is 0 Å². The van der Waals surface area contributed by atoms with E-state index in [2.05, 4.69) is 0 Å². The van der Waals surface area contributed by atoms with Gasteiger partial charge in [-0.25, -0.2) is 0 Å². The lowest BCUT2D eigenvalue weighted by Crippen LogP contribution is -2.41. The minimum Gasteiger partial charge on any atom is -0.380 e. The Kier molecular flexibility index (Phi) is 16.1. The number of carbonyl (C=O) groups is 3. The second kappa shape index (κ2) is 14.5. The quantitative estimate of drug-likeness (QED) is 0.356. The SMILES string of the molecule is Cl.NCCSC(=O)CC(O)(CC(=O)SCCN)C(=O)SCCN. The van der Waals surface area contributed by atoms with Crippen molar-refractivity contribution in [2.45, 2.75) is 18.4 Å². The summed E-state index contributed by atoms with van der Waals surface area (Å²) in [5.41, 5.74) is 14.0. The van der Waals surface area contributed by atoms with Gasteiger partial charge in [0.15, 0.2) is 10.2 Å². The zero-order chi connectivity index (χ0) is 17.0. The molecule has 7 nitrogen and oxygen atoms in total. The summed E-state index contributed by atoms with van der Waals surface area (Å²) in [5.74, 6) is 1.11. The molecular formula is C12H24ClN3O4S3. The van der Waals surface area contributed by atoms with E-state index in [1.54, 1.807) is 0 Å². The summed E-state index contributed by atoms with van der Waals surface area (Å²) in [7, 11) is 0. The first-order chi connectivity index (χ1) is 10.4. The maximum atomic E-state index is 12.1. The molecule has 136 valence electrons. The second-order valence-electron chi connectivity index (χ2n) is 4.33. The molecule has 0 aliphatic carbocycles. The van der Waals surface area contributed by atoms with Crippen LogP contribution in [0.3, 0.4) is 0 Å². The van der Waals surface area contributed by atoms with Gasteiger partial charge in [0.25, 0.3) is 0 Å². The molecule has 0 fully saturated rings. The fourth-order valence-corrected chi connectivity index (χ4v) is 3.51. The highest BCUT2D eigenvalue weighted by atomic mass is 35.5. The molecule has 0 saturated carbocycles. The van der Waals surface area contributed by atoms with E-state index in [1.165, 1.54) is 0 Å². The molecule has 11 heteroatoms. The van der Waals surface area contributed by atoms with Crippen molar-refractivity contribution in [3.8, 4) is 0 Å². The highest BCUT2D eigenvalue weighted by molar-refractivity contribution is 8.14. The molecule has 7 N–H and O–H groups in total. The van der Waals surface area contributed by atoms with E-state index in [0.29, 0.717) is 30.3 Å². The largest absolute Gasteiger partial charge is 0.380 e. The first kappa shape index (κ1) is 25.4. The fourth-order valence-electron chi connectivity index (χ4n) is 1.42. The zero-order valence-corrected chi connectivity index (χ0v) is 16.0. The van der Waals surface area contributed by atoms with E-state index >= 15 is 0 Å². The Morgan fingerprint density at radius 1 is 0.783 bits per heavy atom. The van der Waals surface area contributed by atoms with Gasteiger partial charge < -0.3 is 22.3 Å². The van der Waals surface area contributed by atoms with Gasteiger partial charge in [0.05, 0.1) is 12.8 Å². The summed E-state index contributed by atoms with van der Waals surface area (Å²) < 4.78 is 0. The molecule has 0 radical (unpaired) electrons. The van der Waals surface area contributed by atoms with Crippen molar-refractivity contribution in [3.63, 3.8) is 0 Å². The number of hydrogen-bond acceptors (Lipinski definition) is 10. The molecule has 0 rings (SSSR count). The summed E-state index contributed by atoms with van der Waals surface area (Å²) in [6.07, 6.45) is -0.827. The van der Waals surface area contributed by atoms with E-state index in [4.69, 9.17) is 17.2 Å². The lowest BCUT2D eigenvalue weighted by Gasteiger charge is -2.24. The van der Waals surface area contributed by atoms with Gasteiger partial charge in [-0.05, 0) is 0 Å². The van der Waals surface area contributed by atoms with Crippen LogP contribution in [-0.4, -0.2) is 62.9 Å². The molecule has 0 bridgehead atoms.